The lowest BCUT2D eigenvalue weighted by Crippen LogP contribution is -2.65. The zero-order chi connectivity index (χ0) is 43.3. The molecule has 14 heteroatoms. The summed E-state index contributed by atoms with van der Waals surface area (Å²) < 4.78 is 22.7. The minimum absolute atomic E-state index is 0.207. The van der Waals surface area contributed by atoms with Crippen LogP contribution in [0.2, 0.25) is 0 Å². The molecule has 2 aliphatic rings. The van der Waals surface area contributed by atoms with Crippen LogP contribution in [0.4, 0.5) is 0 Å². The van der Waals surface area contributed by atoms with Crippen LogP contribution in [-0.4, -0.2) is 140 Å². The topological polar surface area (TPSA) is 228 Å². The molecule has 2 saturated heterocycles. The van der Waals surface area contributed by atoms with Crippen LogP contribution >= 0.6 is 0 Å². The van der Waals surface area contributed by atoms with Gasteiger partial charge in [0.05, 0.1) is 32.0 Å². The maximum Gasteiger partial charge on any atom is 0.220 e. The maximum absolute atomic E-state index is 13.1. The monoisotopic (exact) mass is 850 g/mol. The fourth-order valence-electron chi connectivity index (χ4n) is 8.12. The molecule has 9 N–H and O–H groups in total. The third kappa shape index (κ3) is 21.8. The van der Waals surface area contributed by atoms with Gasteiger partial charge in [0.2, 0.25) is 5.91 Å². The van der Waals surface area contributed by atoms with E-state index in [4.69, 9.17) is 18.9 Å². The van der Waals surface area contributed by atoms with Crippen LogP contribution in [0.1, 0.15) is 187 Å². The summed E-state index contributed by atoms with van der Waals surface area (Å²) in [6.07, 6.45) is 13.9. The van der Waals surface area contributed by atoms with E-state index in [2.05, 4.69) is 19.2 Å². The van der Waals surface area contributed by atoms with Gasteiger partial charge in [-0.2, -0.15) is 0 Å². The predicted octanol–water partition coefficient (Wildman–Crippen LogP) is 5.05. The van der Waals surface area contributed by atoms with Gasteiger partial charge < -0.3 is 65.1 Å². The van der Waals surface area contributed by atoms with Crippen molar-refractivity contribution in [2.75, 3.05) is 19.8 Å². The zero-order valence-corrected chi connectivity index (χ0v) is 36.8. The predicted molar refractivity (Wildman–Crippen MR) is 226 cm³/mol. The number of carbonyl (C=O) groups excluding carboxylic acids is 1. The molecular weight excluding hydrogens is 762 g/mol. The summed E-state index contributed by atoms with van der Waals surface area (Å²) in [5, 5.41) is 86.6. The molecule has 0 radical (unpaired) electrons. The van der Waals surface area contributed by atoms with Crippen LogP contribution in [0, 0.1) is 0 Å². The van der Waals surface area contributed by atoms with Gasteiger partial charge in [-0.1, -0.05) is 168 Å². The average molecular weight is 850 g/mol. The van der Waals surface area contributed by atoms with Gasteiger partial charge in [-0.15, -0.1) is 0 Å². The first kappa shape index (κ1) is 54.1. The third-order valence-electron chi connectivity index (χ3n) is 12.1. The summed E-state index contributed by atoms with van der Waals surface area (Å²) in [5.74, 6) is -0.207. The molecule has 2 rings (SSSR count). The number of hydrogen-bond donors (Lipinski definition) is 9. The molecule has 0 spiro atoms. The van der Waals surface area contributed by atoms with Gasteiger partial charge in [0.25, 0.3) is 0 Å². The van der Waals surface area contributed by atoms with E-state index in [0.717, 1.165) is 51.4 Å². The Labute approximate surface area is 355 Å². The molecule has 2 aliphatic heterocycles. The lowest BCUT2D eigenvalue weighted by atomic mass is 9.97. The minimum atomic E-state index is -1.78. The number of amides is 1. The molecule has 0 aromatic heterocycles. The number of rotatable bonds is 36. The molecule has 59 heavy (non-hydrogen) atoms. The van der Waals surface area contributed by atoms with E-state index in [1.165, 1.54) is 109 Å². The average Bonchev–Trinajstić information content (AvgIpc) is 3.23. The fraction of sp³-hybridized carbons (Fsp3) is 0.978. The van der Waals surface area contributed by atoms with Gasteiger partial charge in [0, 0.05) is 6.42 Å². The number of ether oxygens (including phenoxy) is 4. The summed E-state index contributed by atoms with van der Waals surface area (Å²) in [4.78, 5) is 13.1. The Morgan fingerprint density at radius 1 is 0.542 bits per heavy atom. The van der Waals surface area contributed by atoms with E-state index < -0.39 is 86.8 Å². The molecular formula is C45H87NO13. The second-order valence-electron chi connectivity index (χ2n) is 17.2. The minimum Gasteiger partial charge on any atom is -0.394 e. The van der Waals surface area contributed by atoms with Crippen molar-refractivity contribution in [3.8, 4) is 0 Å². The highest BCUT2D eigenvalue weighted by Gasteiger charge is 2.51. The second-order valence-corrected chi connectivity index (χ2v) is 17.2. The molecule has 0 aromatic rings. The number of aliphatic hydroxyl groups excluding tert-OH is 8. The molecule has 1 amide bonds. The number of aliphatic hydroxyl groups is 8. The Morgan fingerprint density at radius 2 is 0.966 bits per heavy atom. The molecule has 12 atom stereocenters. The number of nitrogens with one attached hydrogen (secondary N) is 1. The van der Waals surface area contributed by atoms with Crippen molar-refractivity contribution in [1.82, 2.24) is 5.32 Å². The van der Waals surface area contributed by atoms with Crippen molar-refractivity contribution in [3.63, 3.8) is 0 Å². The molecule has 2 fully saturated rings. The Bertz CT molecular complexity index is 1010. The van der Waals surface area contributed by atoms with Gasteiger partial charge in [0.15, 0.2) is 12.6 Å². The largest absolute Gasteiger partial charge is 0.394 e. The summed E-state index contributed by atoms with van der Waals surface area (Å²) in [5.41, 5.74) is 0. The van der Waals surface area contributed by atoms with Crippen molar-refractivity contribution < 1.29 is 64.6 Å². The molecule has 14 nitrogen and oxygen atoms in total. The second kappa shape index (κ2) is 33.5. The Kier molecular flexibility index (Phi) is 30.8. The van der Waals surface area contributed by atoms with Crippen LogP contribution in [0.5, 0.6) is 0 Å². The van der Waals surface area contributed by atoms with Crippen LogP contribution in [-0.2, 0) is 23.7 Å². The molecule has 0 bridgehead atoms. The Morgan fingerprint density at radius 3 is 1.44 bits per heavy atom. The van der Waals surface area contributed by atoms with Gasteiger partial charge in [-0.25, -0.2) is 0 Å². The van der Waals surface area contributed by atoms with E-state index in [1.807, 2.05) is 0 Å². The van der Waals surface area contributed by atoms with Crippen molar-refractivity contribution in [3.05, 3.63) is 0 Å². The van der Waals surface area contributed by atoms with E-state index in [9.17, 15) is 45.6 Å². The van der Waals surface area contributed by atoms with Crippen molar-refractivity contribution in [2.45, 2.75) is 261 Å². The summed E-state index contributed by atoms with van der Waals surface area (Å²) in [6.45, 7) is 2.83. The van der Waals surface area contributed by atoms with E-state index >= 15 is 0 Å². The van der Waals surface area contributed by atoms with Crippen molar-refractivity contribution >= 4 is 5.91 Å². The Balaban J connectivity index is 1.87. The van der Waals surface area contributed by atoms with Gasteiger partial charge in [-0.3, -0.25) is 4.79 Å². The molecule has 2 heterocycles. The van der Waals surface area contributed by atoms with Crippen LogP contribution in [0.15, 0.2) is 0 Å². The number of hydrogen-bond acceptors (Lipinski definition) is 13. The lowest BCUT2D eigenvalue weighted by molar-refractivity contribution is -0.359. The van der Waals surface area contributed by atoms with Gasteiger partial charge in [-0.05, 0) is 12.8 Å². The quantitative estimate of drug-likeness (QED) is 0.0377. The first-order valence-electron chi connectivity index (χ1n) is 23.8. The number of unbranched alkanes of at least 4 members (excludes halogenated alkanes) is 23. The Hall–Kier alpha value is -1.01. The summed E-state index contributed by atoms with van der Waals surface area (Å²) >= 11 is 0. The van der Waals surface area contributed by atoms with E-state index in [0.29, 0.717) is 12.8 Å². The van der Waals surface area contributed by atoms with Crippen LogP contribution in [0.25, 0.3) is 0 Å². The van der Waals surface area contributed by atoms with Crippen molar-refractivity contribution in [1.29, 1.82) is 0 Å². The molecule has 350 valence electrons. The van der Waals surface area contributed by atoms with Crippen molar-refractivity contribution in [2.24, 2.45) is 0 Å². The summed E-state index contributed by atoms with van der Waals surface area (Å²) in [6, 6.07) is -0.819. The molecule has 0 aliphatic carbocycles. The number of carbonyl (C=O) groups is 1. The van der Waals surface area contributed by atoms with E-state index in [1.54, 1.807) is 0 Å². The van der Waals surface area contributed by atoms with Gasteiger partial charge >= 0.3 is 0 Å². The highest BCUT2D eigenvalue weighted by molar-refractivity contribution is 5.76. The smallest absolute Gasteiger partial charge is 0.220 e. The molecule has 12 unspecified atom stereocenters. The van der Waals surface area contributed by atoms with Gasteiger partial charge in [0.1, 0.15) is 48.8 Å². The fourth-order valence-corrected chi connectivity index (χ4v) is 8.12. The molecule has 0 saturated carbocycles. The zero-order valence-electron chi connectivity index (χ0n) is 36.8. The standard InChI is InChI=1S/C45H87NO13/c1-3-5-7-9-11-13-15-17-19-21-23-25-27-29-37(50)46-33(34(49)28-26-24-22-20-18-16-14-12-10-8-6-4-2)32-56-44-42(55)40(53)43(36(31-48)58-44)59-45-41(54)39(52)38(51)35(30-47)57-45/h33-36,38-45,47-49,51-55H,3-32H2,1-2H3,(H,46,50). The van der Waals surface area contributed by atoms with Crippen LogP contribution < -0.4 is 5.32 Å². The highest BCUT2D eigenvalue weighted by Crippen LogP contribution is 2.30. The first-order chi connectivity index (χ1) is 28.6. The maximum atomic E-state index is 13.1. The third-order valence-corrected chi connectivity index (χ3v) is 12.1. The van der Waals surface area contributed by atoms with E-state index in [-0.39, 0.29) is 12.5 Å². The molecule has 0 aromatic carbocycles. The normalized spacial score (nSPS) is 28.4. The lowest BCUT2D eigenvalue weighted by Gasteiger charge is -2.46. The SMILES string of the molecule is CCCCCCCCCCCCCCCC(=O)NC(COC1OC(CO)C(OC2OC(CO)C(O)C(O)C2O)C(O)C1O)C(O)CCCCCCCCCCCCCC. The van der Waals surface area contributed by atoms with Crippen LogP contribution in [0.3, 0.4) is 0 Å². The highest BCUT2D eigenvalue weighted by atomic mass is 16.7. The first-order valence-corrected chi connectivity index (χ1v) is 23.8. The summed E-state index contributed by atoms with van der Waals surface area (Å²) in [7, 11) is 0.